The van der Waals surface area contributed by atoms with Crippen molar-refractivity contribution in [1.82, 2.24) is 10.2 Å². The maximum atomic E-state index is 12.7. The van der Waals surface area contributed by atoms with Crippen LogP contribution in [0.15, 0.2) is 16.6 Å². The van der Waals surface area contributed by atoms with Crippen LogP contribution in [0.4, 0.5) is 4.79 Å². The molecule has 0 radical (unpaired) electrons. The summed E-state index contributed by atoms with van der Waals surface area (Å²) < 4.78 is 12.6. The molecule has 2 bridgehead atoms. The molecule has 3 aliphatic heterocycles. The quantitative estimate of drug-likeness (QED) is 0.764. The Hall–Kier alpha value is -1.27. The van der Waals surface area contributed by atoms with Gasteiger partial charge < -0.3 is 14.8 Å². The van der Waals surface area contributed by atoms with Crippen LogP contribution in [-0.4, -0.2) is 43.3 Å². The first-order valence-corrected chi connectivity index (χ1v) is 10.8. The van der Waals surface area contributed by atoms with Crippen LogP contribution in [0, 0.1) is 11.3 Å². The van der Waals surface area contributed by atoms with E-state index in [1.807, 2.05) is 6.92 Å². The number of hydrogen-bond acceptors (Lipinski definition) is 4. The van der Waals surface area contributed by atoms with Gasteiger partial charge in [-0.3, -0.25) is 4.90 Å². The average Bonchev–Trinajstić information content (AvgIpc) is 2.86. The normalized spacial score (nSPS) is 30.7. The van der Waals surface area contributed by atoms with Crippen LogP contribution in [-0.2, 0) is 11.2 Å². The number of hydrogen-bond donors (Lipinski definition) is 1. The second-order valence-electron chi connectivity index (χ2n) is 8.74. The molecule has 0 unspecified atom stereocenters. The van der Waals surface area contributed by atoms with Gasteiger partial charge in [-0.05, 0) is 89.8 Å². The number of benzene rings is 1. The lowest BCUT2D eigenvalue weighted by Crippen LogP contribution is -2.53. The van der Waals surface area contributed by atoms with Crippen molar-refractivity contribution in [2.75, 3.05) is 26.2 Å². The lowest BCUT2D eigenvalue weighted by atomic mass is 9.85. The van der Waals surface area contributed by atoms with Gasteiger partial charge in [0.25, 0.3) is 0 Å². The van der Waals surface area contributed by atoms with Gasteiger partial charge in [-0.15, -0.1) is 0 Å². The van der Waals surface area contributed by atoms with E-state index in [1.54, 1.807) is 0 Å². The van der Waals surface area contributed by atoms with E-state index in [4.69, 9.17) is 9.47 Å². The molecular formula is C21H29BrN2O3. The topological polar surface area (TPSA) is 50.8 Å². The summed E-state index contributed by atoms with van der Waals surface area (Å²) in [5, 5.41) is 3.17. The van der Waals surface area contributed by atoms with Gasteiger partial charge in [0.15, 0.2) is 0 Å². The molecule has 2 atom stereocenters. The standard InChI is InChI=1S/C21H29BrN2O3/c1-4-26-17-10-15-14(9-16(17)22)11-21(2,3)19(15)23-20(25)27-18-12-24-7-5-13(18)6-8-24/h9-10,13,18-19H,4-8,11-12H2,1-3H3,(H,23,25)/t18-,19-/m0/s1. The van der Waals surface area contributed by atoms with Crippen molar-refractivity contribution in [3.05, 3.63) is 27.7 Å². The number of alkyl carbamates (subject to hydrolysis) is 1. The molecular weight excluding hydrogens is 408 g/mol. The second kappa shape index (κ2) is 7.28. The summed E-state index contributed by atoms with van der Waals surface area (Å²) >= 11 is 3.60. The fraction of sp³-hybridized carbons (Fsp3) is 0.667. The van der Waals surface area contributed by atoms with Crippen LogP contribution in [0.3, 0.4) is 0 Å². The number of nitrogens with zero attached hydrogens (tertiary/aromatic N) is 1. The Bertz CT molecular complexity index is 728. The Labute approximate surface area is 169 Å². The second-order valence-corrected chi connectivity index (χ2v) is 9.59. The Kier molecular flexibility index (Phi) is 5.14. The molecule has 4 aliphatic rings. The monoisotopic (exact) mass is 436 g/mol. The molecule has 0 saturated carbocycles. The number of amides is 1. The maximum Gasteiger partial charge on any atom is 0.407 e. The smallest absolute Gasteiger partial charge is 0.407 e. The van der Waals surface area contributed by atoms with Crippen LogP contribution >= 0.6 is 15.9 Å². The fourth-order valence-corrected chi connectivity index (χ4v) is 5.42. The molecule has 0 spiro atoms. The lowest BCUT2D eigenvalue weighted by Gasteiger charge is -2.44. The van der Waals surface area contributed by atoms with Crippen molar-refractivity contribution in [3.8, 4) is 5.75 Å². The summed E-state index contributed by atoms with van der Waals surface area (Å²) in [4.78, 5) is 15.1. The first-order chi connectivity index (χ1) is 12.9. The average molecular weight is 437 g/mol. The SMILES string of the molecule is CCOc1cc2c(cc1Br)CC(C)(C)[C@H]2NC(=O)O[C@H]1CN2CCC1CC2. The molecule has 1 aromatic rings. The summed E-state index contributed by atoms with van der Waals surface area (Å²) in [6, 6.07) is 4.12. The molecule has 5 rings (SSSR count). The summed E-state index contributed by atoms with van der Waals surface area (Å²) in [5.74, 6) is 1.34. The van der Waals surface area contributed by atoms with Gasteiger partial charge in [-0.25, -0.2) is 4.79 Å². The van der Waals surface area contributed by atoms with Crippen molar-refractivity contribution in [1.29, 1.82) is 0 Å². The highest BCUT2D eigenvalue weighted by Crippen LogP contribution is 2.48. The minimum absolute atomic E-state index is 0.0281. The lowest BCUT2D eigenvalue weighted by molar-refractivity contribution is -0.0349. The number of piperidine rings is 3. The van der Waals surface area contributed by atoms with Gasteiger partial charge in [-0.1, -0.05) is 13.8 Å². The van der Waals surface area contributed by atoms with Gasteiger partial charge in [0, 0.05) is 6.54 Å². The molecule has 1 aliphatic carbocycles. The minimum Gasteiger partial charge on any atom is -0.493 e. The highest BCUT2D eigenvalue weighted by Gasteiger charge is 2.42. The van der Waals surface area contributed by atoms with E-state index < -0.39 is 0 Å². The Balaban J connectivity index is 1.49. The predicted molar refractivity (Wildman–Crippen MR) is 108 cm³/mol. The molecule has 3 heterocycles. The van der Waals surface area contributed by atoms with E-state index in [0.29, 0.717) is 12.5 Å². The van der Waals surface area contributed by atoms with E-state index >= 15 is 0 Å². The highest BCUT2D eigenvalue weighted by molar-refractivity contribution is 9.10. The number of ether oxygens (including phenoxy) is 2. The zero-order valence-electron chi connectivity index (χ0n) is 16.4. The van der Waals surface area contributed by atoms with Crippen molar-refractivity contribution >= 4 is 22.0 Å². The zero-order valence-corrected chi connectivity index (χ0v) is 18.0. The molecule has 1 amide bonds. The van der Waals surface area contributed by atoms with E-state index in [1.165, 1.54) is 5.56 Å². The number of fused-ring (bicyclic) bond motifs is 4. The van der Waals surface area contributed by atoms with Crippen LogP contribution in [0.25, 0.3) is 0 Å². The van der Waals surface area contributed by atoms with Crippen LogP contribution in [0.2, 0.25) is 0 Å². The first kappa shape index (κ1) is 19.1. The molecule has 27 heavy (non-hydrogen) atoms. The van der Waals surface area contributed by atoms with Crippen molar-refractivity contribution in [3.63, 3.8) is 0 Å². The first-order valence-electron chi connectivity index (χ1n) is 10.0. The van der Waals surface area contributed by atoms with E-state index in [9.17, 15) is 4.79 Å². The van der Waals surface area contributed by atoms with Crippen LogP contribution in [0.1, 0.15) is 50.8 Å². The third kappa shape index (κ3) is 3.70. The number of halogens is 1. The third-order valence-electron chi connectivity index (χ3n) is 6.35. The summed E-state index contributed by atoms with van der Waals surface area (Å²) in [6.07, 6.45) is 2.93. The fourth-order valence-electron chi connectivity index (χ4n) is 4.92. The highest BCUT2D eigenvalue weighted by atomic mass is 79.9. The van der Waals surface area contributed by atoms with Gasteiger partial charge in [0.2, 0.25) is 0 Å². The molecule has 3 fully saturated rings. The van der Waals surface area contributed by atoms with Crippen LogP contribution < -0.4 is 10.1 Å². The van der Waals surface area contributed by atoms with Crippen LogP contribution in [0.5, 0.6) is 5.75 Å². The summed E-state index contributed by atoms with van der Waals surface area (Å²) in [7, 11) is 0. The molecule has 148 valence electrons. The van der Waals surface area contributed by atoms with Crippen molar-refractivity contribution in [2.45, 2.75) is 52.2 Å². The minimum atomic E-state index is -0.291. The molecule has 6 heteroatoms. The number of carbonyl (C=O) groups excluding carboxylic acids is 1. The third-order valence-corrected chi connectivity index (χ3v) is 6.97. The molecule has 1 N–H and O–H groups in total. The van der Waals surface area contributed by atoms with Crippen molar-refractivity contribution in [2.24, 2.45) is 11.3 Å². The van der Waals surface area contributed by atoms with Gasteiger partial charge in [0.1, 0.15) is 11.9 Å². The van der Waals surface area contributed by atoms with Crippen molar-refractivity contribution < 1.29 is 14.3 Å². The largest absolute Gasteiger partial charge is 0.493 e. The maximum absolute atomic E-state index is 12.7. The molecule has 5 nitrogen and oxygen atoms in total. The van der Waals surface area contributed by atoms with E-state index in [-0.39, 0.29) is 23.7 Å². The summed E-state index contributed by atoms with van der Waals surface area (Å²) in [5.41, 5.74) is 2.32. The van der Waals surface area contributed by atoms with Gasteiger partial charge in [0.05, 0.1) is 17.1 Å². The van der Waals surface area contributed by atoms with E-state index in [2.05, 4.69) is 52.1 Å². The Morgan fingerprint density at radius 1 is 1.33 bits per heavy atom. The number of carbonyl (C=O) groups is 1. The van der Waals surface area contributed by atoms with E-state index in [0.717, 1.165) is 54.7 Å². The summed E-state index contributed by atoms with van der Waals surface area (Å²) in [6.45, 7) is 10.1. The Morgan fingerprint density at radius 3 is 2.70 bits per heavy atom. The zero-order chi connectivity index (χ0) is 19.2. The number of nitrogens with one attached hydrogen (secondary N) is 1. The predicted octanol–water partition coefficient (Wildman–Crippen LogP) is 4.29. The molecule has 3 saturated heterocycles. The van der Waals surface area contributed by atoms with Gasteiger partial charge in [-0.2, -0.15) is 0 Å². The van der Waals surface area contributed by atoms with Gasteiger partial charge >= 0.3 is 6.09 Å². The molecule has 1 aromatic carbocycles. The number of rotatable bonds is 4. The Morgan fingerprint density at radius 2 is 2.07 bits per heavy atom. The molecule has 0 aromatic heterocycles.